The van der Waals surface area contributed by atoms with Crippen molar-refractivity contribution in [3.63, 3.8) is 0 Å². The van der Waals surface area contributed by atoms with Crippen LogP contribution < -0.4 is 4.73 Å². The van der Waals surface area contributed by atoms with Crippen LogP contribution in [0.25, 0.3) is 0 Å². The Hall–Kier alpha value is -1.05. The van der Waals surface area contributed by atoms with Crippen LogP contribution in [0.4, 0.5) is 0 Å². The largest absolute Gasteiger partial charge is 0.618 e. The molecule has 2 heteroatoms. The molecule has 64 valence electrons. The lowest BCUT2D eigenvalue weighted by molar-refractivity contribution is -0.615. The van der Waals surface area contributed by atoms with E-state index in [1.807, 2.05) is 6.07 Å². The van der Waals surface area contributed by atoms with Gasteiger partial charge in [-0.2, -0.15) is 4.73 Å². The van der Waals surface area contributed by atoms with E-state index in [1.165, 1.54) is 12.0 Å². The standard InChI is InChI=1S/C10H13NO/c1-8-4-5-9-3-2-6-11(12)10(9)7-8/h2-3,6,8H,4-5,7H2,1H3. The zero-order valence-electron chi connectivity index (χ0n) is 7.29. The van der Waals surface area contributed by atoms with Gasteiger partial charge < -0.3 is 5.21 Å². The molecular formula is C10H13NO. The van der Waals surface area contributed by atoms with Gasteiger partial charge in [0, 0.05) is 18.1 Å². The van der Waals surface area contributed by atoms with Crippen LogP contribution in [0, 0.1) is 11.1 Å². The third-order valence-electron chi connectivity index (χ3n) is 2.60. The lowest BCUT2D eigenvalue weighted by Gasteiger charge is -2.19. The SMILES string of the molecule is CC1CCc2ccc[n+]([O-])c2C1. The van der Waals surface area contributed by atoms with Crippen LogP contribution in [0.15, 0.2) is 18.3 Å². The summed E-state index contributed by atoms with van der Waals surface area (Å²) in [5, 5.41) is 11.3. The van der Waals surface area contributed by atoms with Crippen LogP contribution in [-0.2, 0) is 12.8 Å². The average molecular weight is 163 g/mol. The fourth-order valence-corrected chi connectivity index (χ4v) is 1.85. The van der Waals surface area contributed by atoms with Crippen molar-refractivity contribution in [3.05, 3.63) is 34.8 Å². The normalized spacial score (nSPS) is 21.9. The van der Waals surface area contributed by atoms with Crippen LogP contribution in [-0.4, -0.2) is 0 Å². The minimum absolute atomic E-state index is 0.667. The molecule has 1 aliphatic rings. The third kappa shape index (κ3) is 1.17. The van der Waals surface area contributed by atoms with Crippen molar-refractivity contribution in [1.29, 1.82) is 0 Å². The van der Waals surface area contributed by atoms with Gasteiger partial charge in [0.05, 0.1) is 0 Å². The summed E-state index contributed by atoms with van der Waals surface area (Å²) in [6.07, 6.45) is 4.83. The second kappa shape index (κ2) is 2.77. The van der Waals surface area contributed by atoms with Crippen molar-refractivity contribution in [2.24, 2.45) is 5.92 Å². The Labute approximate surface area is 72.4 Å². The van der Waals surface area contributed by atoms with E-state index in [0.29, 0.717) is 5.92 Å². The van der Waals surface area contributed by atoms with Gasteiger partial charge in [0.2, 0.25) is 0 Å². The Kier molecular flexibility index (Phi) is 1.75. The first-order valence-electron chi connectivity index (χ1n) is 4.47. The zero-order valence-corrected chi connectivity index (χ0v) is 7.29. The zero-order chi connectivity index (χ0) is 8.55. The molecule has 0 radical (unpaired) electrons. The molecule has 1 unspecified atom stereocenters. The van der Waals surface area contributed by atoms with E-state index < -0.39 is 0 Å². The van der Waals surface area contributed by atoms with Gasteiger partial charge in [0.25, 0.3) is 0 Å². The molecule has 12 heavy (non-hydrogen) atoms. The Morgan fingerprint density at radius 2 is 2.42 bits per heavy atom. The molecule has 0 aromatic carbocycles. The molecule has 0 saturated heterocycles. The monoisotopic (exact) mass is 163 g/mol. The van der Waals surface area contributed by atoms with Gasteiger partial charge in [-0.3, -0.25) is 0 Å². The molecule has 0 fully saturated rings. The molecule has 1 aromatic rings. The highest BCUT2D eigenvalue weighted by molar-refractivity contribution is 5.19. The predicted molar refractivity (Wildman–Crippen MR) is 46.6 cm³/mol. The van der Waals surface area contributed by atoms with Crippen molar-refractivity contribution < 1.29 is 4.73 Å². The molecule has 2 rings (SSSR count). The van der Waals surface area contributed by atoms with E-state index in [1.54, 1.807) is 6.20 Å². The highest BCUT2D eigenvalue weighted by Crippen LogP contribution is 2.21. The lowest BCUT2D eigenvalue weighted by Crippen LogP contribution is -2.35. The number of rotatable bonds is 0. The lowest BCUT2D eigenvalue weighted by atomic mass is 9.88. The maximum absolute atomic E-state index is 11.3. The fraction of sp³-hybridized carbons (Fsp3) is 0.500. The number of hydrogen-bond donors (Lipinski definition) is 0. The smallest absolute Gasteiger partial charge is 0.196 e. The van der Waals surface area contributed by atoms with Gasteiger partial charge in [-0.05, 0) is 24.8 Å². The second-order valence-electron chi connectivity index (χ2n) is 3.65. The van der Waals surface area contributed by atoms with E-state index in [-0.39, 0.29) is 0 Å². The van der Waals surface area contributed by atoms with Crippen molar-refractivity contribution in [1.82, 2.24) is 0 Å². The summed E-state index contributed by atoms with van der Waals surface area (Å²) in [6, 6.07) is 3.90. The molecule has 1 aromatic heterocycles. The summed E-state index contributed by atoms with van der Waals surface area (Å²) in [5.74, 6) is 0.667. The van der Waals surface area contributed by atoms with Crippen LogP contribution in [0.2, 0.25) is 0 Å². The summed E-state index contributed by atoms with van der Waals surface area (Å²) in [4.78, 5) is 0. The molecule has 2 nitrogen and oxygen atoms in total. The van der Waals surface area contributed by atoms with Gasteiger partial charge >= 0.3 is 0 Å². The Morgan fingerprint density at radius 1 is 1.58 bits per heavy atom. The van der Waals surface area contributed by atoms with Crippen LogP contribution >= 0.6 is 0 Å². The highest BCUT2D eigenvalue weighted by atomic mass is 16.5. The summed E-state index contributed by atoms with van der Waals surface area (Å²) >= 11 is 0. The molecule has 0 aliphatic heterocycles. The van der Waals surface area contributed by atoms with Crippen LogP contribution in [0.1, 0.15) is 24.6 Å². The maximum Gasteiger partial charge on any atom is 0.196 e. The van der Waals surface area contributed by atoms with Crippen LogP contribution in [0.5, 0.6) is 0 Å². The first-order chi connectivity index (χ1) is 5.77. The van der Waals surface area contributed by atoms with E-state index in [2.05, 4.69) is 13.0 Å². The second-order valence-corrected chi connectivity index (χ2v) is 3.65. The van der Waals surface area contributed by atoms with E-state index in [0.717, 1.165) is 23.3 Å². The molecule has 1 atom stereocenters. The molecule has 1 aliphatic carbocycles. The highest BCUT2D eigenvalue weighted by Gasteiger charge is 2.20. The summed E-state index contributed by atoms with van der Waals surface area (Å²) in [7, 11) is 0. The summed E-state index contributed by atoms with van der Waals surface area (Å²) < 4.78 is 1.02. The van der Waals surface area contributed by atoms with Gasteiger partial charge in [0.15, 0.2) is 11.9 Å². The number of aromatic nitrogens is 1. The van der Waals surface area contributed by atoms with Gasteiger partial charge in [0.1, 0.15) is 0 Å². The van der Waals surface area contributed by atoms with Crippen molar-refractivity contribution in [3.8, 4) is 0 Å². The maximum atomic E-state index is 11.3. The summed E-state index contributed by atoms with van der Waals surface area (Å²) in [6.45, 7) is 2.20. The Bertz CT molecular complexity index is 296. The molecule has 0 saturated carbocycles. The summed E-state index contributed by atoms with van der Waals surface area (Å²) in [5.41, 5.74) is 2.22. The first kappa shape index (κ1) is 7.59. The van der Waals surface area contributed by atoms with Gasteiger partial charge in [-0.25, -0.2) is 0 Å². The van der Waals surface area contributed by atoms with Crippen molar-refractivity contribution >= 4 is 0 Å². The fourth-order valence-electron chi connectivity index (χ4n) is 1.85. The minimum atomic E-state index is 0.667. The molecule has 0 N–H and O–H groups in total. The van der Waals surface area contributed by atoms with Crippen molar-refractivity contribution in [2.75, 3.05) is 0 Å². The Balaban J connectivity index is 2.43. The van der Waals surface area contributed by atoms with E-state index >= 15 is 0 Å². The number of nitrogens with zero attached hydrogens (tertiary/aromatic N) is 1. The van der Waals surface area contributed by atoms with Crippen LogP contribution in [0.3, 0.4) is 0 Å². The van der Waals surface area contributed by atoms with Gasteiger partial charge in [-0.15, -0.1) is 0 Å². The average Bonchev–Trinajstić information content (AvgIpc) is 2.07. The number of pyridine rings is 1. The topological polar surface area (TPSA) is 26.9 Å². The van der Waals surface area contributed by atoms with Crippen molar-refractivity contribution in [2.45, 2.75) is 26.2 Å². The number of fused-ring (bicyclic) bond motifs is 1. The Morgan fingerprint density at radius 3 is 3.25 bits per heavy atom. The number of aryl methyl sites for hydroxylation is 1. The van der Waals surface area contributed by atoms with E-state index in [9.17, 15) is 5.21 Å². The molecule has 0 spiro atoms. The molecule has 0 bridgehead atoms. The quantitative estimate of drug-likeness (QED) is 0.420. The van der Waals surface area contributed by atoms with E-state index in [4.69, 9.17) is 0 Å². The first-order valence-corrected chi connectivity index (χ1v) is 4.47. The predicted octanol–water partition coefficient (Wildman–Crippen LogP) is 1.44. The molecule has 0 amide bonds. The minimum Gasteiger partial charge on any atom is -0.618 e. The molecular weight excluding hydrogens is 150 g/mol. The number of hydrogen-bond acceptors (Lipinski definition) is 1. The third-order valence-corrected chi connectivity index (χ3v) is 2.60. The van der Waals surface area contributed by atoms with Gasteiger partial charge in [-0.1, -0.05) is 6.92 Å². The molecule has 1 heterocycles.